The zero-order valence-electron chi connectivity index (χ0n) is 47.3. The van der Waals surface area contributed by atoms with Crippen molar-refractivity contribution in [3.05, 3.63) is 0 Å². The lowest BCUT2D eigenvalue weighted by atomic mass is 9.95. The molecule has 0 spiro atoms. The van der Waals surface area contributed by atoms with Crippen LogP contribution in [0.3, 0.4) is 0 Å². The number of aliphatic hydroxyl groups excluding tert-OH is 16. The lowest BCUT2D eigenvalue weighted by Gasteiger charge is -2.51. The molecule has 30 nitrogen and oxygen atoms in total. The average Bonchev–Trinajstić information content (AvgIpc) is 3.63. The van der Waals surface area contributed by atoms with Gasteiger partial charge in [0.2, 0.25) is 0 Å². The summed E-state index contributed by atoms with van der Waals surface area (Å²) in [5.74, 6) is -0.829. The van der Waals surface area contributed by atoms with Gasteiger partial charge in [0.05, 0.1) is 44.2 Å². The van der Waals surface area contributed by atoms with Gasteiger partial charge in [-0.15, -0.1) is 0 Å². The number of unbranched alkanes of at least 4 members (excludes halogenated alkanes) is 9. The second kappa shape index (κ2) is 33.3. The number of aliphatic carboxylic acids is 1. The summed E-state index contributed by atoms with van der Waals surface area (Å²) in [6, 6.07) is 0. The molecule has 0 saturated carbocycles. The topological polar surface area (TPSA) is 472 Å². The van der Waals surface area contributed by atoms with Gasteiger partial charge in [-0.2, -0.15) is 0 Å². The third kappa shape index (κ3) is 18.0. The molecule has 6 saturated heterocycles. The Kier molecular flexibility index (Phi) is 28.2. The van der Waals surface area contributed by atoms with Crippen molar-refractivity contribution >= 4 is 5.97 Å². The summed E-state index contributed by atoms with van der Waals surface area (Å²) in [6.45, 7) is 3.63. The molecule has 0 aromatic rings. The van der Waals surface area contributed by atoms with E-state index in [1.165, 1.54) is 20.8 Å². The number of carboxylic acids is 1. The van der Waals surface area contributed by atoms with Gasteiger partial charge in [-0.25, -0.2) is 0 Å². The van der Waals surface area contributed by atoms with Gasteiger partial charge >= 0.3 is 5.97 Å². The van der Waals surface area contributed by atoms with E-state index in [1.54, 1.807) is 0 Å². The van der Waals surface area contributed by atoms with Crippen LogP contribution in [0.2, 0.25) is 0 Å². The largest absolute Gasteiger partial charge is 0.481 e. The van der Waals surface area contributed by atoms with E-state index in [9.17, 15) is 86.5 Å². The molecule has 0 unspecified atom stereocenters. The minimum absolute atomic E-state index is 0.122. The molecule has 0 bridgehead atoms. The molecule has 31 atom stereocenters. The SMILES string of the molecule is CCCCCC[C@@H](CCCCCCCCCC(=O)O)O[C@@H]1O[C@H](C)[C@H](O)[C@H](O)[C@H]1O[C@@H]1O[C@H](CO)[C@@H](O)[C@H](O[C@@H]2O[C@H](CO)[C@@H](O[C@@H]3O[C@H](CO[C@@H]4O[C@H](C)[C@H](O)[C@H](O)[C@H]4O)[C@@H](O)[C@H](O)[C@H]3O)[C@H](O)[C@H]2O)[C@H]1O[C@@H]1O[C@@H](C)[C@H](O)[C@@H](O)[C@H]1O. The van der Waals surface area contributed by atoms with Crippen molar-refractivity contribution in [1.82, 2.24) is 0 Å². The van der Waals surface area contributed by atoms with E-state index in [4.69, 9.17) is 61.9 Å². The Morgan fingerprint density at radius 2 is 0.795 bits per heavy atom. The van der Waals surface area contributed by atoms with Gasteiger partial charge in [-0.3, -0.25) is 4.79 Å². The molecule has 0 aromatic heterocycles. The van der Waals surface area contributed by atoms with Crippen LogP contribution in [-0.4, -0.2) is 303 Å². The molecule has 30 heteroatoms. The van der Waals surface area contributed by atoms with Crippen molar-refractivity contribution in [2.75, 3.05) is 19.8 Å². The fourth-order valence-electron chi connectivity index (χ4n) is 11.1. The van der Waals surface area contributed by atoms with Gasteiger partial charge in [0, 0.05) is 6.42 Å². The predicted octanol–water partition coefficient (Wildman–Crippen LogP) is -5.06. The maximum atomic E-state index is 11.9. The van der Waals surface area contributed by atoms with Gasteiger partial charge < -0.3 is 144 Å². The quantitative estimate of drug-likeness (QED) is 0.0299. The van der Waals surface area contributed by atoms with E-state index >= 15 is 0 Å². The van der Waals surface area contributed by atoms with Crippen molar-refractivity contribution < 1.29 is 148 Å². The molecule has 17 N–H and O–H groups in total. The summed E-state index contributed by atoms with van der Waals surface area (Å²) in [5, 5.41) is 185. The van der Waals surface area contributed by atoms with E-state index in [0.717, 1.165) is 64.2 Å². The lowest BCUT2D eigenvalue weighted by Crippen LogP contribution is -2.69. The molecule has 6 aliphatic heterocycles. The van der Waals surface area contributed by atoms with E-state index in [0.29, 0.717) is 19.3 Å². The van der Waals surface area contributed by atoms with Gasteiger partial charge in [0.25, 0.3) is 0 Å². The van der Waals surface area contributed by atoms with Crippen LogP contribution in [0.25, 0.3) is 0 Å². The fraction of sp³-hybridized carbons (Fsp3) is 0.981. The molecule has 6 fully saturated rings. The Morgan fingerprint density at radius 3 is 1.36 bits per heavy atom. The molecule has 6 heterocycles. The number of carbonyl (C=O) groups is 1. The summed E-state index contributed by atoms with van der Waals surface area (Å²) in [4.78, 5) is 10.9. The summed E-state index contributed by atoms with van der Waals surface area (Å²) in [5.41, 5.74) is 0. The third-order valence-corrected chi connectivity index (χ3v) is 16.4. The molecule has 0 aliphatic carbocycles. The Hall–Kier alpha value is -1.65. The van der Waals surface area contributed by atoms with Crippen LogP contribution in [-0.2, 0) is 61.6 Å². The molecule has 6 rings (SSSR count). The highest BCUT2D eigenvalue weighted by molar-refractivity contribution is 5.66. The fourth-order valence-corrected chi connectivity index (χ4v) is 11.1. The highest BCUT2D eigenvalue weighted by Crippen LogP contribution is 2.38. The minimum Gasteiger partial charge on any atom is -0.481 e. The monoisotopic (exact) mass is 1210 g/mol. The van der Waals surface area contributed by atoms with E-state index in [-0.39, 0.29) is 6.42 Å². The van der Waals surface area contributed by atoms with Crippen molar-refractivity contribution in [2.24, 2.45) is 0 Å². The first-order valence-electron chi connectivity index (χ1n) is 29.2. The van der Waals surface area contributed by atoms with Crippen LogP contribution < -0.4 is 0 Å². The van der Waals surface area contributed by atoms with E-state index in [1.807, 2.05) is 0 Å². The van der Waals surface area contributed by atoms with Gasteiger partial charge in [0.15, 0.2) is 37.7 Å². The standard InChI is InChI=1S/C53H94O30/c1-5-6-7-13-16-25(17-14-11-9-8-10-12-15-18-29(56)57)76-52-46(38(66)32(60)24(4)75-52)82-53-47(83-49-41(69)36(64)31(59)23(3)74-49)45(34(62)26(19-54)77-53)81-51-43(71)39(67)44(27(20-55)78-51)80-50-42(70)37(65)33(61)28(79-50)21-72-48-40(68)35(63)30(58)22(2)73-48/h22-28,30-55,58-71H,5-21H2,1-4H3,(H,56,57)/t22-,23+,24-,25+,26-,27-,28-,30+,31+,32+,33-,34-,35+,36-,37+,38+,39-,40-,41-,42-,43-,44-,45+,46-,47-,48-,49+,50+,51+,52+,53+/m1/s1. The molecule has 0 amide bonds. The first kappa shape index (κ1) is 70.4. The Bertz CT molecular complexity index is 1860. The van der Waals surface area contributed by atoms with Crippen LogP contribution in [0.15, 0.2) is 0 Å². The van der Waals surface area contributed by atoms with Gasteiger partial charge in [-0.1, -0.05) is 71.1 Å². The van der Waals surface area contributed by atoms with Crippen LogP contribution in [0.4, 0.5) is 0 Å². The van der Waals surface area contributed by atoms with E-state index < -0.39 is 216 Å². The van der Waals surface area contributed by atoms with Crippen molar-refractivity contribution in [2.45, 2.75) is 308 Å². The molecule has 6 aliphatic rings. The van der Waals surface area contributed by atoms with Crippen molar-refractivity contribution in [3.8, 4) is 0 Å². The first-order chi connectivity index (χ1) is 39.4. The predicted molar refractivity (Wildman–Crippen MR) is 276 cm³/mol. The molecule has 0 radical (unpaired) electrons. The van der Waals surface area contributed by atoms with Crippen LogP contribution in [0.5, 0.6) is 0 Å². The molecule has 0 aromatic carbocycles. The number of rotatable bonds is 30. The smallest absolute Gasteiger partial charge is 0.303 e. The van der Waals surface area contributed by atoms with Gasteiger partial charge in [0.1, 0.15) is 128 Å². The third-order valence-electron chi connectivity index (χ3n) is 16.4. The van der Waals surface area contributed by atoms with Crippen LogP contribution >= 0.6 is 0 Å². The van der Waals surface area contributed by atoms with Gasteiger partial charge in [-0.05, 0) is 40.0 Å². The first-order valence-corrected chi connectivity index (χ1v) is 29.2. The minimum atomic E-state index is -2.23. The Morgan fingerprint density at radius 1 is 0.386 bits per heavy atom. The number of ether oxygens (including phenoxy) is 12. The molecule has 486 valence electrons. The van der Waals surface area contributed by atoms with Crippen LogP contribution in [0.1, 0.15) is 118 Å². The van der Waals surface area contributed by atoms with Crippen molar-refractivity contribution in [1.29, 1.82) is 0 Å². The normalized spacial score (nSPS) is 45.7. The number of carboxylic acid groups (broad SMARTS) is 1. The summed E-state index contributed by atoms with van der Waals surface area (Å²) in [6.07, 6.45) is -42.7. The van der Waals surface area contributed by atoms with E-state index in [2.05, 4.69) is 6.92 Å². The second-order valence-corrected chi connectivity index (χ2v) is 22.7. The van der Waals surface area contributed by atoms with Crippen LogP contribution in [0, 0.1) is 0 Å². The van der Waals surface area contributed by atoms with Crippen molar-refractivity contribution in [3.63, 3.8) is 0 Å². The number of hydrogen-bond acceptors (Lipinski definition) is 29. The average molecular weight is 1210 g/mol. The summed E-state index contributed by atoms with van der Waals surface area (Å²) >= 11 is 0. The summed E-state index contributed by atoms with van der Waals surface area (Å²) < 4.78 is 71.9. The Labute approximate surface area is 481 Å². The molecular formula is C53H94O30. The number of aliphatic hydroxyl groups is 16. The highest BCUT2D eigenvalue weighted by Gasteiger charge is 2.58. The molecular weight excluding hydrogens is 1120 g/mol. The summed E-state index contributed by atoms with van der Waals surface area (Å²) in [7, 11) is 0. The zero-order chi connectivity index (χ0) is 61.0. The second-order valence-electron chi connectivity index (χ2n) is 22.7. The lowest BCUT2D eigenvalue weighted by molar-refractivity contribution is -0.412. The Balaban J connectivity index is 1.22. The maximum Gasteiger partial charge on any atom is 0.303 e. The zero-order valence-corrected chi connectivity index (χ0v) is 47.3. The molecule has 83 heavy (non-hydrogen) atoms. The maximum absolute atomic E-state index is 11.9. The highest BCUT2D eigenvalue weighted by atomic mass is 16.8. The number of hydrogen-bond donors (Lipinski definition) is 17.